The molecule has 0 saturated carbocycles. The zero-order valence-corrected chi connectivity index (χ0v) is 45.1. The second-order valence-corrected chi connectivity index (χ2v) is 22.9. The lowest BCUT2D eigenvalue weighted by Crippen LogP contribution is -2.12. The van der Waals surface area contributed by atoms with Crippen LogP contribution in [0.4, 0.5) is 34.1 Å². The van der Waals surface area contributed by atoms with Crippen molar-refractivity contribution in [3.8, 4) is 33.4 Å². The molecule has 0 amide bonds. The summed E-state index contributed by atoms with van der Waals surface area (Å²) < 4.78 is 5.05. The van der Waals surface area contributed by atoms with Crippen LogP contribution in [0.2, 0.25) is 0 Å². The van der Waals surface area contributed by atoms with Gasteiger partial charge in [-0.2, -0.15) is 0 Å². The predicted octanol–water partition coefficient (Wildman–Crippen LogP) is 23.0. The van der Waals surface area contributed by atoms with Gasteiger partial charge in [0.2, 0.25) is 0 Å². The third-order valence-corrected chi connectivity index (χ3v) is 18.5. The van der Waals surface area contributed by atoms with Crippen molar-refractivity contribution < 1.29 is 0 Å². The van der Waals surface area contributed by atoms with Gasteiger partial charge in [0.05, 0.1) is 21.8 Å². The molecule has 0 aliphatic carbocycles. The van der Waals surface area contributed by atoms with E-state index in [0.29, 0.717) is 0 Å². The maximum Gasteiger partial charge on any atom is 0.0640 e. The molecule has 0 saturated heterocycles. The Kier molecular flexibility index (Phi) is 11.0. The fourth-order valence-corrected chi connectivity index (χ4v) is 14.8. The van der Waals surface area contributed by atoms with Crippen LogP contribution in [0.15, 0.2) is 291 Å². The second-order valence-electron chi connectivity index (χ2n) is 20.8. The third kappa shape index (κ3) is 7.75. The number of hydrogen-bond acceptors (Lipinski definition) is 4. The summed E-state index contributed by atoms with van der Waals surface area (Å²) in [6.07, 6.45) is 0. The van der Waals surface area contributed by atoms with Crippen LogP contribution in [0.25, 0.3) is 117 Å². The van der Waals surface area contributed by atoms with Crippen LogP contribution < -0.4 is 9.80 Å². The van der Waals surface area contributed by atoms with Gasteiger partial charge in [0.25, 0.3) is 0 Å². The van der Waals surface area contributed by atoms with Gasteiger partial charge in [-0.05, 0) is 144 Å². The normalized spacial score (nSPS) is 11.8. The summed E-state index contributed by atoms with van der Waals surface area (Å²) in [6.45, 7) is 0. The molecule has 80 heavy (non-hydrogen) atoms. The van der Waals surface area contributed by atoms with E-state index in [9.17, 15) is 0 Å². The SMILES string of the molecule is c1ccc(N(c2ccc3c(c2)sc2cc(-c4cccc(N(c5ccc6ccccc6c5-c5ccc6ccccc6c5)c5cccc6c5sc5ccccc56)c4)ccc23)c2ccc3ccccc3c2-c2ccc3ccccc3c2)cc1. The van der Waals surface area contributed by atoms with Gasteiger partial charge < -0.3 is 9.80 Å². The lowest BCUT2D eigenvalue weighted by atomic mass is 9.93. The number of hydrogen-bond donors (Lipinski definition) is 0. The van der Waals surface area contributed by atoms with Crippen molar-refractivity contribution in [1.29, 1.82) is 0 Å². The minimum absolute atomic E-state index is 1.10. The Morgan fingerprint density at radius 3 is 1.38 bits per heavy atom. The summed E-state index contributed by atoms with van der Waals surface area (Å²) in [6, 6.07) is 108. The minimum Gasteiger partial charge on any atom is -0.310 e. The van der Waals surface area contributed by atoms with Crippen LogP contribution in [0.1, 0.15) is 0 Å². The summed E-state index contributed by atoms with van der Waals surface area (Å²) in [5.74, 6) is 0. The molecule has 2 aromatic heterocycles. The zero-order valence-electron chi connectivity index (χ0n) is 43.4. The van der Waals surface area contributed by atoms with Gasteiger partial charge in [-0.15, -0.1) is 22.7 Å². The highest BCUT2D eigenvalue weighted by molar-refractivity contribution is 7.26. The molecule has 14 aromatic carbocycles. The maximum absolute atomic E-state index is 2.52. The molecule has 0 bridgehead atoms. The number of anilines is 6. The molecular formula is C76H48N2S2. The van der Waals surface area contributed by atoms with E-state index in [1.165, 1.54) is 111 Å². The van der Waals surface area contributed by atoms with Crippen LogP contribution in [-0.2, 0) is 0 Å². The summed E-state index contributed by atoms with van der Waals surface area (Å²) in [7, 11) is 0. The first kappa shape index (κ1) is 46.3. The van der Waals surface area contributed by atoms with E-state index in [0.717, 1.165) is 39.7 Å². The summed E-state index contributed by atoms with van der Waals surface area (Å²) >= 11 is 3.74. The molecule has 16 aromatic rings. The van der Waals surface area contributed by atoms with Crippen LogP contribution in [0.3, 0.4) is 0 Å². The Bertz CT molecular complexity index is 5110. The van der Waals surface area contributed by atoms with E-state index in [4.69, 9.17) is 0 Å². The molecular weight excluding hydrogens is 1000 g/mol. The second kappa shape index (κ2) is 19.0. The molecule has 0 unspecified atom stereocenters. The molecule has 4 heteroatoms. The Morgan fingerprint density at radius 2 is 0.688 bits per heavy atom. The summed E-state index contributed by atoms with van der Waals surface area (Å²) in [4.78, 5) is 4.97. The topological polar surface area (TPSA) is 6.48 Å². The number of benzene rings is 14. The number of thiophene rings is 2. The van der Waals surface area contributed by atoms with Crippen molar-refractivity contribution in [3.63, 3.8) is 0 Å². The average Bonchev–Trinajstić information content (AvgIpc) is 4.13. The molecule has 0 aliphatic rings. The minimum atomic E-state index is 1.10. The fourth-order valence-electron chi connectivity index (χ4n) is 12.4. The summed E-state index contributed by atoms with van der Waals surface area (Å²) in [5, 5.41) is 14.9. The highest BCUT2D eigenvalue weighted by Gasteiger charge is 2.25. The van der Waals surface area contributed by atoms with Crippen molar-refractivity contribution in [2.45, 2.75) is 0 Å². The van der Waals surface area contributed by atoms with Gasteiger partial charge in [0, 0.05) is 63.8 Å². The molecule has 0 atom stereocenters. The standard InChI is InChI=1S/C76H48N2S2/c1-2-23-59(24-3-1)77(68-42-37-51-18-8-10-26-62(51)74(68)57-34-32-49-16-4-6-20-53(49)44-57)61-39-41-66-65-40-36-56(47-72(65)79-73(66)48-61)55-22-14-25-60(46-55)78(70-30-15-29-67-64-28-12-13-31-71(64)80-76(67)70)69-43-38-52-19-9-11-27-63(52)75(69)58-35-33-50-17-5-7-21-54(50)45-58/h1-48H. The summed E-state index contributed by atoms with van der Waals surface area (Å²) in [5.41, 5.74) is 13.9. The fraction of sp³-hybridized carbons (Fsp3) is 0. The molecule has 0 aliphatic heterocycles. The highest BCUT2D eigenvalue weighted by atomic mass is 32.1. The van der Waals surface area contributed by atoms with E-state index in [1.54, 1.807) is 0 Å². The molecule has 0 N–H and O–H groups in total. The van der Waals surface area contributed by atoms with E-state index in [1.807, 2.05) is 22.7 Å². The largest absolute Gasteiger partial charge is 0.310 e. The highest BCUT2D eigenvalue weighted by Crippen LogP contribution is 2.51. The number of rotatable bonds is 9. The van der Waals surface area contributed by atoms with E-state index in [-0.39, 0.29) is 0 Å². The number of fused-ring (bicyclic) bond motifs is 10. The van der Waals surface area contributed by atoms with Crippen LogP contribution in [0, 0.1) is 0 Å². The molecule has 0 fully saturated rings. The average molecular weight is 1050 g/mol. The van der Waals surface area contributed by atoms with Crippen molar-refractivity contribution >= 4 is 140 Å². The van der Waals surface area contributed by atoms with Crippen LogP contribution in [0.5, 0.6) is 0 Å². The van der Waals surface area contributed by atoms with Gasteiger partial charge in [-0.25, -0.2) is 0 Å². The first-order chi connectivity index (χ1) is 39.6. The molecule has 2 nitrogen and oxygen atoms in total. The maximum atomic E-state index is 2.52. The van der Waals surface area contributed by atoms with E-state index in [2.05, 4.69) is 301 Å². The zero-order chi connectivity index (χ0) is 52.7. The molecule has 374 valence electrons. The quantitative estimate of drug-likeness (QED) is 0.142. The van der Waals surface area contributed by atoms with Crippen LogP contribution in [-0.4, -0.2) is 0 Å². The van der Waals surface area contributed by atoms with Crippen molar-refractivity contribution in [2.75, 3.05) is 9.80 Å². The van der Waals surface area contributed by atoms with E-state index >= 15 is 0 Å². The first-order valence-corrected chi connectivity index (χ1v) is 28.9. The number of nitrogens with zero attached hydrogens (tertiary/aromatic N) is 2. The van der Waals surface area contributed by atoms with Crippen molar-refractivity contribution in [2.24, 2.45) is 0 Å². The third-order valence-electron chi connectivity index (χ3n) is 16.2. The predicted molar refractivity (Wildman–Crippen MR) is 348 cm³/mol. The Hall–Kier alpha value is -9.84. The van der Waals surface area contributed by atoms with Gasteiger partial charge >= 0.3 is 0 Å². The Labute approximate surface area is 471 Å². The van der Waals surface area contributed by atoms with Gasteiger partial charge in [0.15, 0.2) is 0 Å². The van der Waals surface area contributed by atoms with Crippen LogP contribution >= 0.6 is 22.7 Å². The van der Waals surface area contributed by atoms with Gasteiger partial charge in [0.1, 0.15) is 0 Å². The number of para-hydroxylation sites is 1. The lowest BCUT2D eigenvalue weighted by Gasteiger charge is -2.29. The molecule has 16 rings (SSSR count). The molecule has 0 spiro atoms. The van der Waals surface area contributed by atoms with Crippen molar-refractivity contribution in [3.05, 3.63) is 291 Å². The molecule has 0 radical (unpaired) electrons. The molecule has 2 heterocycles. The van der Waals surface area contributed by atoms with Gasteiger partial charge in [-0.1, -0.05) is 212 Å². The lowest BCUT2D eigenvalue weighted by molar-refractivity contribution is 1.30. The monoisotopic (exact) mass is 1050 g/mol. The van der Waals surface area contributed by atoms with E-state index < -0.39 is 0 Å². The smallest absolute Gasteiger partial charge is 0.0640 e. The Balaban J connectivity index is 0.846. The van der Waals surface area contributed by atoms with Crippen molar-refractivity contribution in [1.82, 2.24) is 0 Å². The Morgan fingerprint density at radius 1 is 0.212 bits per heavy atom. The van der Waals surface area contributed by atoms with Gasteiger partial charge in [-0.3, -0.25) is 0 Å². The first-order valence-electron chi connectivity index (χ1n) is 27.3.